The Labute approximate surface area is 97.6 Å². The van der Waals surface area contributed by atoms with Gasteiger partial charge in [-0.15, -0.1) is 0 Å². The Hall–Kier alpha value is -1.21. The van der Waals surface area contributed by atoms with Gasteiger partial charge in [0, 0.05) is 13.8 Å². The average molecular weight is 250 g/mol. The Kier molecular flexibility index (Phi) is 4.41. The maximum atomic E-state index is 13.6. The zero-order valence-electron chi connectivity index (χ0n) is 9.75. The van der Waals surface area contributed by atoms with Gasteiger partial charge in [0.1, 0.15) is 0 Å². The van der Waals surface area contributed by atoms with Crippen LogP contribution in [-0.4, -0.2) is 47.8 Å². The molecular weight excluding hydrogens is 235 g/mol. The number of hydrogen-bond acceptors (Lipinski definition) is 6. The molecule has 6 nitrogen and oxygen atoms in total. The molecule has 1 aliphatic heterocycles. The first kappa shape index (κ1) is 13.9. The van der Waals surface area contributed by atoms with Crippen LogP contribution >= 0.6 is 0 Å². The van der Waals surface area contributed by atoms with Crippen molar-refractivity contribution in [1.29, 1.82) is 0 Å². The van der Waals surface area contributed by atoms with Crippen LogP contribution in [0.25, 0.3) is 0 Å². The average Bonchev–Trinajstić information content (AvgIpc) is 2.19. The van der Waals surface area contributed by atoms with Crippen LogP contribution in [0.15, 0.2) is 0 Å². The second-order valence-corrected chi connectivity index (χ2v) is 3.82. The lowest BCUT2D eigenvalue weighted by Crippen LogP contribution is -2.57. The molecule has 5 atom stereocenters. The summed E-state index contributed by atoms with van der Waals surface area (Å²) in [4.78, 5) is 21.7. The lowest BCUT2D eigenvalue weighted by atomic mass is 10.0. The van der Waals surface area contributed by atoms with Crippen LogP contribution in [0.4, 0.5) is 4.39 Å². The van der Waals surface area contributed by atoms with E-state index in [0.29, 0.717) is 0 Å². The summed E-state index contributed by atoms with van der Waals surface area (Å²) in [5.41, 5.74) is 0. The van der Waals surface area contributed by atoms with Crippen LogP contribution in [0.2, 0.25) is 0 Å². The molecule has 1 aliphatic rings. The van der Waals surface area contributed by atoms with E-state index in [2.05, 4.69) is 0 Å². The Balaban J connectivity index is 2.86. The molecule has 1 heterocycles. The predicted molar refractivity (Wildman–Crippen MR) is 52.6 cm³/mol. The molecule has 0 amide bonds. The van der Waals surface area contributed by atoms with E-state index in [-0.39, 0.29) is 0 Å². The van der Waals surface area contributed by atoms with Crippen LogP contribution in [-0.2, 0) is 23.8 Å². The maximum Gasteiger partial charge on any atom is 0.303 e. The number of hydrogen-bond donors (Lipinski definition) is 1. The van der Waals surface area contributed by atoms with Crippen molar-refractivity contribution in [1.82, 2.24) is 0 Å². The molecule has 17 heavy (non-hydrogen) atoms. The normalized spacial score (nSPS) is 37.4. The van der Waals surface area contributed by atoms with Crippen molar-refractivity contribution < 1.29 is 33.3 Å². The first-order valence-electron chi connectivity index (χ1n) is 5.15. The number of esters is 2. The highest BCUT2D eigenvalue weighted by Crippen LogP contribution is 2.27. The van der Waals surface area contributed by atoms with Crippen molar-refractivity contribution in [2.24, 2.45) is 0 Å². The summed E-state index contributed by atoms with van der Waals surface area (Å²) < 4.78 is 28.0. The molecular formula is C10H15FO6. The van der Waals surface area contributed by atoms with E-state index in [9.17, 15) is 19.1 Å². The fraction of sp³-hybridized carbons (Fsp3) is 0.800. The van der Waals surface area contributed by atoms with Gasteiger partial charge in [-0.05, 0) is 6.92 Å². The molecule has 1 rings (SSSR count). The van der Waals surface area contributed by atoms with Crippen LogP contribution in [0, 0.1) is 0 Å². The Bertz CT molecular complexity index is 307. The molecule has 0 aromatic heterocycles. The topological polar surface area (TPSA) is 82.1 Å². The number of ether oxygens (including phenoxy) is 3. The third kappa shape index (κ3) is 3.37. The maximum absolute atomic E-state index is 13.6. The number of aliphatic hydroxyl groups excluding tert-OH is 1. The Morgan fingerprint density at radius 1 is 1.18 bits per heavy atom. The molecule has 1 fully saturated rings. The zero-order valence-corrected chi connectivity index (χ0v) is 9.75. The molecule has 0 bridgehead atoms. The van der Waals surface area contributed by atoms with E-state index in [0.717, 1.165) is 13.8 Å². The predicted octanol–water partition coefficient (Wildman–Crippen LogP) is -0.0750. The van der Waals surface area contributed by atoms with Gasteiger partial charge < -0.3 is 19.3 Å². The van der Waals surface area contributed by atoms with Gasteiger partial charge in [0.2, 0.25) is 0 Å². The Morgan fingerprint density at radius 2 is 1.65 bits per heavy atom. The first-order valence-corrected chi connectivity index (χ1v) is 5.15. The van der Waals surface area contributed by atoms with E-state index in [1.807, 2.05) is 0 Å². The van der Waals surface area contributed by atoms with E-state index in [4.69, 9.17) is 14.2 Å². The molecule has 1 saturated heterocycles. The van der Waals surface area contributed by atoms with Crippen molar-refractivity contribution in [2.45, 2.75) is 51.5 Å². The summed E-state index contributed by atoms with van der Waals surface area (Å²) in [5.74, 6) is -1.37. The summed E-state index contributed by atoms with van der Waals surface area (Å²) in [5, 5.41) is 9.25. The van der Waals surface area contributed by atoms with Gasteiger partial charge in [-0.3, -0.25) is 9.59 Å². The summed E-state index contributed by atoms with van der Waals surface area (Å²) >= 11 is 0. The van der Waals surface area contributed by atoms with Gasteiger partial charge in [0.15, 0.2) is 24.7 Å². The standard InChI is InChI=1S/C10H15FO6/c1-4-8(16-5(2)12)9(17-6(3)13)7(11)10(14)15-4/h4,7-10,14H,1-3H3/t4-,7-,8-,9-,10-/m0/s1. The third-order valence-corrected chi connectivity index (χ3v) is 2.33. The number of alkyl halides is 1. The molecule has 0 radical (unpaired) electrons. The number of aliphatic hydroxyl groups is 1. The molecule has 0 spiro atoms. The minimum absolute atomic E-state index is 0.647. The van der Waals surface area contributed by atoms with Gasteiger partial charge >= 0.3 is 11.9 Å². The fourth-order valence-electron chi connectivity index (χ4n) is 1.66. The molecule has 0 aliphatic carbocycles. The lowest BCUT2D eigenvalue weighted by Gasteiger charge is -2.39. The number of rotatable bonds is 2. The number of carbonyl (C=O) groups is 2. The highest BCUT2D eigenvalue weighted by Gasteiger charge is 2.48. The largest absolute Gasteiger partial charge is 0.456 e. The fourth-order valence-corrected chi connectivity index (χ4v) is 1.66. The van der Waals surface area contributed by atoms with Crippen LogP contribution < -0.4 is 0 Å². The molecule has 1 N–H and O–H groups in total. The first-order chi connectivity index (χ1) is 7.82. The van der Waals surface area contributed by atoms with Crippen molar-refractivity contribution in [2.75, 3.05) is 0 Å². The van der Waals surface area contributed by atoms with Gasteiger partial charge in [-0.2, -0.15) is 0 Å². The van der Waals surface area contributed by atoms with Crippen molar-refractivity contribution in [3.05, 3.63) is 0 Å². The van der Waals surface area contributed by atoms with E-state index < -0.39 is 42.7 Å². The summed E-state index contributed by atoms with van der Waals surface area (Å²) in [6.45, 7) is 3.74. The van der Waals surface area contributed by atoms with E-state index >= 15 is 0 Å². The van der Waals surface area contributed by atoms with Crippen LogP contribution in [0.3, 0.4) is 0 Å². The van der Waals surface area contributed by atoms with E-state index in [1.165, 1.54) is 6.92 Å². The molecule has 7 heteroatoms. The third-order valence-electron chi connectivity index (χ3n) is 2.33. The van der Waals surface area contributed by atoms with E-state index in [1.54, 1.807) is 0 Å². The molecule has 0 saturated carbocycles. The monoisotopic (exact) mass is 250 g/mol. The number of carbonyl (C=O) groups excluding carboxylic acids is 2. The minimum Gasteiger partial charge on any atom is -0.456 e. The van der Waals surface area contributed by atoms with Gasteiger partial charge in [-0.1, -0.05) is 0 Å². The highest BCUT2D eigenvalue weighted by atomic mass is 19.1. The molecule has 0 aromatic carbocycles. The van der Waals surface area contributed by atoms with Gasteiger partial charge in [-0.25, -0.2) is 4.39 Å². The quantitative estimate of drug-likeness (QED) is 0.690. The van der Waals surface area contributed by atoms with Crippen LogP contribution in [0.5, 0.6) is 0 Å². The second-order valence-electron chi connectivity index (χ2n) is 3.82. The SMILES string of the molecule is CC(=O)O[C@@H]1[C@@H](OC(C)=O)[C@H](F)[C@@H](O)O[C@H]1C. The van der Waals surface area contributed by atoms with Crippen molar-refractivity contribution >= 4 is 11.9 Å². The van der Waals surface area contributed by atoms with Crippen molar-refractivity contribution in [3.63, 3.8) is 0 Å². The number of halogens is 1. The Morgan fingerprint density at radius 3 is 2.12 bits per heavy atom. The zero-order chi connectivity index (χ0) is 13.2. The molecule has 98 valence electrons. The van der Waals surface area contributed by atoms with Crippen LogP contribution in [0.1, 0.15) is 20.8 Å². The summed E-state index contributed by atoms with van der Waals surface area (Å²) in [7, 11) is 0. The second kappa shape index (κ2) is 5.42. The summed E-state index contributed by atoms with van der Waals surface area (Å²) in [6.07, 6.45) is -6.88. The van der Waals surface area contributed by atoms with Crippen molar-refractivity contribution in [3.8, 4) is 0 Å². The summed E-state index contributed by atoms with van der Waals surface area (Å²) in [6, 6.07) is 0. The lowest BCUT2D eigenvalue weighted by molar-refractivity contribution is -0.269. The van der Waals surface area contributed by atoms with Gasteiger partial charge in [0.25, 0.3) is 0 Å². The van der Waals surface area contributed by atoms with Gasteiger partial charge in [0.05, 0.1) is 6.10 Å². The minimum atomic E-state index is -1.96. The molecule has 0 aromatic rings. The molecule has 0 unspecified atom stereocenters. The smallest absolute Gasteiger partial charge is 0.303 e. The highest BCUT2D eigenvalue weighted by molar-refractivity contribution is 5.67.